The predicted molar refractivity (Wildman–Crippen MR) is 87.0 cm³/mol. The molecule has 20 heavy (non-hydrogen) atoms. The van der Waals surface area contributed by atoms with Gasteiger partial charge in [0.15, 0.2) is 0 Å². The molecule has 0 saturated heterocycles. The van der Waals surface area contributed by atoms with Crippen LogP contribution in [0.2, 0.25) is 0 Å². The quantitative estimate of drug-likeness (QED) is 0.819. The highest BCUT2D eigenvalue weighted by molar-refractivity contribution is 5.27. The van der Waals surface area contributed by atoms with Crippen molar-refractivity contribution in [2.24, 2.45) is 5.92 Å². The second-order valence-corrected chi connectivity index (χ2v) is 6.32. The molecule has 0 atom stereocenters. The summed E-state index contributed by atoms with van der Waals surface area (Å²) in [6, 6.07) is 8.91. The highest BCUT2D eigenvalue weighted by atomic mass is 15.1. The van der Waals surface area contributed by atoms with Gasteiger partial charge in [-0.25, -0.2) is 0 Å². The van der Waals surface area contributed by atoms with Crippen LogP contribution in [0.3, 0.4) is 0 Å². The molecule has 0 spiro atoms. The maximum Gasteiger partial charge on any atom is 0.0233 e. The maximum absolute atomic E-state index is 3.25. The minimum atomic E-state index is 0.929. The van der Waals surface area contributed by atoms with Crippen molar-refractivity contribution in [2.75, 3.05) is 27.2 Å². The molecule has 1 aliphatic carbocycles. The Balaban J connectivity index is 1.87. The van der Waals surface area contributed by atoms with Crippen molar-refractivity contribution in [1.29, 1.82) is 0 Å². The fourth-order valence-corrected chi connectivity index (χ4v) is 3.38. The van der Waals surface area contributed by atoms with Gasteiger partial charge < -0.3 is 10.2 Å². The summed E-state index contributed by atoms with van der Waals surface area (Å²) >= 11 is 0. The monoisotopic (exact) mass is 274 g/mol. The van der Waals surface area contributed by atoms with Crippen molar-refractivity contribution in [3.8, 4) is 0 Å². The van der Waals surface area contributed by atoms with Crippen molar-refractivity contribution in [1.82, 2.24) is 10.2 Å². The third-order valence-electron chi connectivity index (χ3n) is 4.50. The molecule has 0 aliphatic heterocycles. The van der Waals surface area contributed by atoms with E-state index in [9.17, 15) is 0 Å². The van der Waals surface area contributed by atoms with Crippen molar-refractivity contribution in [3.63, 3.8) is 0 Å². The Morgan fingerprint density at radius 1 is 1.10 bits per heavy atom. The molecule has 2 rings (SSSR count). The molecule has 1 fully saturated rings. The normalized spacial score (nSPS) is 16.8. The molecule has 0 amide bonds. The van der Waals surface area contributed by atoms with Crippen LogP contribution in [-0.2, 0) is 13.0 Å². The van der Waals surface area contributed by atoms with Gasteiger partial charge in [0, 0.05) is 13.1 Å². The van der Waals surface area contributed by atoms with Gasteiger partial charge in [0.1, 0.15) is 0 Å². The second kappa shape index (κ2) is 8.43. The zero-order chi connectivity index (χ0) is 14.2. The predicted octanol–water partition coefficient (Wildman–Crippen LogP) is 3.46. The molecule has 1 aromatic carbocycles. The van der Waals surface area contributed by atoms with Crippen molar-refractivity contribution < 1.29 is 0 Å². The molecule has 2 nitrogen and oxygen atoms in total. The van der Waals surface area contributed by atoms with Gasteiger partial charge in [-0.15, -0.1) is 0 Å². The van der Waals surface area contributed by atoms with Crippen LogP contribution < -0.4 is 5.32 Å². The molecule has 0 radical (unpaired) electrons. The van der Waals surface area contributed by atoms with Gasteiger partial charge in [-0.05, 0) is 56.9 Å². The zero-order valence-electron chi connectivity index (χ0n) is 13.2. The maximum atomic E-state index is 3.25. The van der Waals surface area contributed by atoms with Gasteiger partial charge >= 0.3 is 0 Å². The van der Waals surface area contributed by atoms with Crippen LogP contribution in [0.4, 0.5) is 0 Å². The largest absolute Gasteiger partial charge is 0.319 e. The smallest absolute Gasteiger partial charge is 0.0233 e. The molecule has 0 aromatic heterocycles. The summed E-state index contributed by atoms with van der Waals surface area (Å²) in [5.74, 6) is 0.929. The van der Waals surface area contributed by atoms with Crippen LogP contribution in [-0.4, -0.2) is 32.1 Å². The Bertz CT molecular complexity index is 383. The third-order valence-corrected chi connectivity index (χ3v) is 4.50. The Kier molecular flexibility index (Phi) is 6.55. The summed E-state index contributed by atoms with van der Waals surface area (Å²) in [4.78, 5) is 2.52. The Labute approximate surface area is 124 Å². The molecule has 1 N–H and O–H groups in total. The van der Waals surface area contributed by atoms with Gasteiger partial charge in [-0.3, -0.25) is 0 Å². The molecule has 1 aliphatic rings. The SMILES string of the molecule is CNCCc1ccccc1CN(C)CC1CCCCC1. The number of benzene rings is 1. The Morgan fingerprint density at radius 3 is 2.50 bits per heavy atom. The van der Waals surface area contributed by atoms with E-state index in [4.69, 9.17) is 0 Å². The lowest BCUT2D eigenvalue weighted by molar-refractivity contribution is 0.227. The fraction of sp³-hybridized carbons (Fsp3) is 0.667. The van der Waals surface area contributed by atoms with Crippen LogP contribution in [0.25, 0.3) is 0 Å². The van der Waals surface area contributed by atoms with Crippen LogP contribution in [0.15, 0.2) is 24.3 Å². The van der Waals surface area contributed by atoms with Gasteiger partial charge in [0.2, 0.25) is 0 Å². The molecule has 0 heterocycles. The molecule has 112 valence electrons. The molecule has 1 aromatic rings. The van der Waals surface area contributed by atoms with E-state index in [1.165, 1.54) is 49.8 Å². The van der Waals surface area contributed by atoms with E-state index in [0.29, 0.717) is 0 Å². The standard InChI is InChI=1S/C18H30N2/c1-19-13-12-17-10-6-7-11-18(17)15-20(2)14-16-8-4-3-5-9-16/h6-7,10-11,16,19H,3-5,8-9,12-15H2,1-2H3. The number of nitrogens with zero attached hydrogens (tertiary/aromatic N) is 1. The van der Waals surface area contributed by atoms with Crippen LogP contribution in [0.5, 0.6) is 0 Å². The fourth-order valence-electron chi connectivity index (χ4n) is 3.38. The van der Waals surface area contributed by atoms with Crippen LogP contribution in [0.1, 0.15) is 43.2 Å². The molecule has 1 saturated carbocycles. The molecule has 0 unspecified atom stereocenters. The lowest BCUT2D eigenvalue weighted by Gasteiger charge is -2.27. The van der Waals surface area contributed by atoms with Crippen molar-refractivity contribution in [2.45, 2.75) is 45.1 Å². The number of nitrogens with one attached hydrogen (secondary N) is 1. The average Bonchev–Trinajstić information content (AvgIpc) is 2.47. The topological polar surface area (TPSA) is 15.3 Å². The van der Waals surface area contributed by atoms with E-state index >= 15 is 0 Å². The first-order chi connectivity index (χ1) is 9.79. The first kappa shape index (κ1) is 15.5. The molecular formula is C18H30N2. The Hall–Kier alpha value is -0.860. The molecule has 2 heteroatoms. The minimum absolute atomic E-state index is 0.929. The number of hydrogen-bond donors (Lipinski definition) is 1. The summed E-state index contributed by atoms with van der Waals surface area (Å²) in [5, 5.41) is 3.25. The summed E-state index contributed by atoms with van der Waals surface area (Å²) in [6.45, 7) is 3.42. The van der Waals surface area contributed by atoms with E-state index in [0.717, 1.165) is 25.4 Å². The summed E-state index contributed by atoms with van der Waals surface area (Å²) < 4.78 is 0. The van der Waals surface area contributed by atoms with E-state index in [-0.39, 0.29) is 0 Å². The van der Waals surface area contributed by atoms with Crippen molar-refractivity contribution >= 4 is 0 Å². The lowest BCUT2D eigenvalue weighted by atomic mass is 9.89. The first-order valence-corrected chi connectivity index (χ1v) is 8.19. The first-order valence-electron chi connectivity index (χ1n) is 8.19. The number of rotatable bonds is 7. The second-order valence-electron chi connectivity index (χ2n) is 6.32. The average molecular weight is 274 g/mol. The summed E-state index contributed by atoms with van der Waals surface area (Å²) in [6.07, 6.45) is 8.34. The van der Waals surface area contributed by atoms with Crippen LogP contribution >= 0.6 is 0 Å². The van der Waals surface area contributed by atoms with Gasteiger partial charge in [0.05, 0.1) is 0 Å². The number of hydrogen-bond acceptors (Lipinski definition) is 2. The van der Waals surface area contributed by atoms with E-state index in [1.807, 2.05) is 7.05 Å². The summed E-state index contributed by atoms with van der Waals surface area (Å²) in [5.41, 5.74) is 3.00. The third kappa shape index (κ3) is 4.92. The van der Waals surface area contributed by atoms with E-state index < -0.39 is 0 Å². The van der Waals surface area contributed by atoms with Crippen molar-refractivity contribution in [3.05, 3.63) is 35.4 Å². The minimum Gasteiger partial charge on any atom is -0.319 e. The molecule has 0 bridgehead atoms. The van der Waals surface area contributed by atoms with E-state index in [1.54, 1.807) is 0 Å². The van der Waals surface area contributed by atoms with E-state index in [2.05, 4.69) is 41.5 Å². The Morgan fingerprint density at radius 2 is 1.80 bits per heavy atom. The highest BCUT2D eigenvalue weighted by Crippen LogP contribution is 2.24. The van der Waals surface area contributed by atoms with Gasteiger partial charge in [-0.2, -0.15) is 0 Å². The van der Waals surface area contributed by atoms with Crippen LogP contribution in [0, 0.1) is 5.92 Å². The lowest BCUT2D eigenvalue weighted by Crippen LogP contribution is -2.27. The molecular weight excluding hydrogens is 244 g/mol. The zero-order valence-corrected chi connectivity index (χ0v) is 13.2. The summed E-state index contributed by atoms with van der Waals surface area (Å²) in [7, 11) is 4.31. The van der Waals surface area contributed by atoms with Gasteiger partial charge in [0.25, 0.3) is 0 Å². The number of likely N-dealkylation sites (N-methyl/N-ethyl adjacent to an activating group) is 1. The van der Waals surface area contributed by atoms with Gasteiger partial charge in [-0.1, -0.05) is 43.5 Å². The highest BCUT2D eigenvalue weighted by Gasteiger charge is 2.15.